The van der Waals surface area contributed by atoms with E-state index in [1.807, 2.05) is 11.8 Å². The minimum Gasteiger partial charge on any atom is -0.378 e. The number of piperazine rings is 1. The average molecular weight is 300 g/mol. The van der Waals surface area contributed by atoms with E-state index < -0.39 is 0 Å². The first-order valence-corrected chi connectivity index (χ1v) is 7.74. The van der Waals surface area contributed by atoms with Crippen molar-refractivity contribution in [3.8, 4) is 6.07 Å². The summed E-state index contributed by atoms with van der Waals surface area (Å²) in [7, 11) is 0. The van der Waals surface area contributed by atoms with Gasteiger partial charge in [0.1, 0.15) is 5.82 Å². The summed E-state index contributed by atoms with van der Waals surface area (Å²) in [6, 6.07) is 5.62. The van der Waals surface area contributed by atoms with Gasteiger partial charge in [0.2, 0.25) is 5.91 Å². The maximum Gasteiger partial charge on any atom is 0.228 e. The van der Waals surface area contributed by atoms with Gasteiger partial charge < -0.3 is 14.5 Å². The zero-order chi connectivity index (χ0) is 15.5. The number of nitriles is 1. The number of carbonyl (C=O) groups is 1. The molecule has 1 aliphatic carbocycles. The first-order chi connectivity index (χ1) is 10.7. The van der Waals surface area contributed by atoms with Crippen molar-refractivity contribution in [3.05, 3.63) is 23.9 Å². The van der Waals surface area contributed by atoms with Crippen molar-refractivity contribution in [1.82, 2.24) is 9.88 Å². The highest BCUT2D eigenvalue weighted by atomic mass is 16.5. The van der Waals surface area contributed by atoms with Gasteiger partial charge in [-0.3, -0.25) is 4.79 Å². The molecule has 0 radical (unpaired) electrons. The molecule has 3 rings (SSSR count). The van der Waals surface area contributed by atoms with Crippen LogP contribution in [0.5, 0.6) is 0 Å². The third-order valence-electron chi connectivity index (χ3n) is 4.22. The molecular weight excluding hydrogens is 280 g/mol. The van der Waals surface area contributed by atoms with Gasteiger partial charge in [0.15, 0.2) is 0 Å². The van der Waals surface area contributed by atoms with Crippen molar-refractivity contribution in [3.63, 3.8) is 0 Å². The molecule has 22 heavy (non-hydrogen) atoms. The van der Waals surface area contributed by atoms with Gasteiger partial charge in [-0.25, -0.2) is 4.98 Å². The molecule has 2 heterocycles. The Hall–Kier alpha value is -2.13. The number of anilines is 1. The number of aromatic nitrogens is 1. The Morgan fingerprint density at radius 3 is 2.91 bits per heavy atom. The van der Waals surface area contributed by atoms with Crippen LogP contribution < -0.4 is 4.90 Å². The lowest BCUT2D eigenvalue weighted by Crippen LogP contribution is -2.49. The largest absolute Gasteiger partial charge is 0.378 e. The first-order valence-electron chi connectivity index (χ1n) is 7.74. The highest BCUT2D eigenvalue weighted by molar-refractivity contribution is 5.82. The zero-order valence-corrected chi connectivity index (χ0v) is 12.7. The lowest BCUT2D eigenvalue weighted by Gasteiger charge is -2.35. The molecule has 0 unspecified atom stereocenters. The van der Waals surface area contributed by atoms with Gasteiger partial charge in [-0.1, -0.05) is 0 Å². The molecule has 2 aliphatic rings. The highest BCUT2D eigenvalue weighted by Crippen LogP contribution is 2.35. The number of hydrogen-bond acceptors (Lipinski definition) is 5. The Morgan fingerprint density at radius 2 is 2.23 bits per heavy atom. The molecule has 2 atom stereocenters. The van der Waals surface area contributed by atoms with E-state index in [0.29, 0.717) is 25.3 Å². The van der Waals surface area contributed by atoms with Gasteiger partial charge >= 0.3 is 0 Å². The Morgan fingerprint density at radius 1 is 1.45 bits per heavy atom. The van der Waals surface area contributed by atoms with Crippen LogP contribution in [0.2, 0.25) is 0 Å². The number of amides is 1. The van der Waals surface area contributed by atoms with Crippen LogP contribution >= 0.6 is 0 Å². The molecule has 2 fully saturated rings. The quantitative estimate of drug-likeness (QED) is 0.830. The molecule has 0 spiro atoms. The third-order valence-corrected chi connectivity index (χ3v) is 4.22. The second-order valence-corrected chi connectivity index (χ2v) is 5.66. The van der Waals surface area contributed by atoms with Gasteiger partial charge in [-0.05, 0) is 25.5 Å². The molecule has 1 saturated carbocycles. The van der Waals surface area contributed by atoms with Crippen LogP contribution in [0.15, 0.2) is 18.3 Å². The lowest BCUT2D eigenvalue weighted by atomic mass is 10.2. The summed E-state index contributed by atoms with van der Waals surface area (Å²) in [6.45, 7) is 5.53. The molecule has 1 aromatic heterocycles. The van der Waals surface area contributed by atoms with E-state index in [1.54, 1.807) is 18.3 Å². The van der Waals surface area contributed by atoms with Crippen LogP contribution in [0.3, 0.4) is 0 Å². The summed E-state index contributed by atoms with van der Waals surface area (Å²) in [5.74, 6) is 1.09. The second kappa shape index (κ2) is 6.32. The zero-order valence-electron chi connectivity index (χ0n) is 12.7. The van der Waals surface area contributed by atoms with Gasteiger partial charge in [-0.15, -0.1) is 0 Å². The summed E-state index contributed by atoms with van der Waals surface area (Å²) in [5.41, 5.74) is 0.612. The number of hydrogen-bond donors (Lipinski definition) is 0. The predicted octanol–water partition coefficient (Wildman–Crippen LogP) is 1.03. The van der Waals surface area contributed by atoms with E-state index in [2.05, 4.69) is 16.0 Å². The Bertz CT molecular complexity index is 590. The molecule has 1 saturated heterocycles. The number of pyridine rings is 1. The molecule has 1 aliphatic heterocycles. The van der Waals surface area contributed by atoms with E-state index in [4.69, 9.17) is 10.00 Å². The van der Waals surface area contributed by atoms with E-state index in [0.717, 1.165) is 25.3 Å². The van der Waals surface area contributed by atoms with Crippen molar-refractivity contribution in [2.24, 2.45) is 5.92 Å². The summed E-state index contributed by atoms with van der Waals surface area (Å²) in [4.78, 5) is 20.7. The fraction of sp³-hybridized carbons (Fsp3) is 0.562. The van der Waals surface area contributed by atoms with Crippen molar-refractivity contribution >= 4 is 11.7 Å². The van der Waals surface area contributed by atoms with Crippen LogP contribution in [-0.4, -0.2) is 54.7 Å². The van der Waals surface area contributed by atoms with E-state index in [-0.39, 0.29) is 17.9 Å². The minimum absolute atomic E-state index is 0.0616. The maximum absolute atomic E-state index is 12.4. The van der Waals surface area contributed by atoms with Crippen LogP contribution in [0, 0.1) is 17.2 Å². The summed E-state index contributed by atoms with van der Waals surface area (Å²) >= 11 is 0. The van der Waals surface area contributed by atoms with Crippen molar-refractivity contribution in [2.45, 2.75) is 19.4 Å². The van der Waals surface area contributed by atoms with Gasteiger partial charge in [0.05, 0.1) is 23.7 Å². The summed E-state index contributed by atoms with van der Waals surface area (Å²) in [6.07, 6.45) is 2.64. The van der Waals surface area contributed by atoms with Crippen LogP contribution in [0.25, 0.3) is 0 Å². The fourth-order valence-electron chi connectivity index (χ4n) is 2.88. The van der Waals surface area contributed by atoms with Gasteiger partial charge in [0.25, 0.3) is 0 Å². The molecule has 6 heteroatoms. The first kappa shape index (κ1) is 14.8. The van der Waals surface area contributed by atoms with Crippen LogP contribution in [0.1, 0.15) is 18.9 Å². The smallest absolute Gasteiger partial charge is 0.228 e. The number of carbonyl (C=O) groups excluding carboxylic acids is 1. The number of nitrogens with zero attached hydrogens (tertiary/aromatic N) is 4. The third kappa shape index (κ3) is 3.04. The van der Waals surface area contributed by atoms with Gasteiger partial charge in [-0.2, -0.15) is 5.26 Å². The number of ether oxygens (including phenoxy) is 1. The lowest BCUT2D eigenvalue weighted by molar-refractivity contribution is -0.133. The standard InChI is InChI=1S/C16H20N4O2/c1-2-22-14-10-13(14)16(21)20-7-5-19(6-8-20)15-9-12(11-17)3-4-18-15/h3-4,9,13-14H,2,5-8,10H2,1H3/t13-,14+/m1/s1. The summed E-state index contributed by atoms with van der Waals surface area (Å²) in [5, 5.41) is 8.95. The average Bonchev–Trinajstić information content (AvgIpc) is 3.34. The van der Waals surface area contributed by atoms with E-state index in [1.165, 1.54) is 0 Å². The van der Waals surface area contributed by atoms with E-state index >= 15 is 0 Å². The molecule has 6 nitrogen and oxygen atoms in total. The topological polar surface area (TPSA) is 69.5 Å². The Labute approximate surface area is 130 Å². The molecule has 0 bridgehead atoms. The monoisotopic (exact) mass is 300 g/mol. The van der Waals surface area contributed by atoms with Crippen molar-refractivity contribution < 1.29 is 9.53 Å². The van der Waals surface area contributed by atoms with E-state index in [9.17, 15) is 4.79 Å². The minimum atomic E-state index is 0.0616. The molecule has 1 amide bonds. The molecule has 0 aromatic carbocycles. The molecule has 1 aromatic rings. The summed E-state index contributed by atoms with van der Waals surface area (Å²) < 4.78 is 5.49. The van der Waals surface area contributed by atoms with Crippen molar-refractivity contribution in [1.29, 1.82) is 5.26 Å². The van der Waals surface area contributed by atoms with Crippen LogP contribution in [-0.2, 0) is 9.53 Å². The fourth-order valence-corrected chi connectivity index (χ4v) is 2.88. The maximum atomic E-state index is 12.4. The second-order valence-electron chi connectivity index (χ2n) is 5.66. The Balaban J connectivity index is 1.54. The van der Waals surface area contributed by atoms with Gasteiger partial charge in [0, 0.05) is 39.0 Å². The molecule has 116 valence electrons. The number of rotatable bonds is 4. The SMILES string of the molecule is CCO[C@H]1C[C@H]1C(=O)N1CCN(c2cc(C#N)ccn2)CC1. The van der Waals surface area contributed by atoms with Crippen LogP contribution in [0.4, 0.5) is 5.82 Å². The molecule has 0 N–H and O–H groups in total. The normalized spacial score (nSPS) is 24.0. The Kier molecular flexibility index (Phi) is 4.25. The highest BCUT2D eigenvalue weighted by Gasteiger charge is 2.46. The van der Waals surface area contributed by atoms with Crippen molar-refractivity contribution in [2.75, 3.05) is 37.7 Å². The molecular formula is C16H20N4O2. The predicted molar refractivity (Wildman–Crippen MR) is 81.3 cm³/mol.